The van der Waals surface area contributed by atoms with Crippen molar-refractivity contribution in [1.29, 1.82) is 0 Å². The second kappa shape index (κ2) is 4.61. The molecule has 0 aliphatic carbocycles. The molecule has 1 saturated heterocycles. The lowest BCUT2D eigenvalue weighted by Gasteiger charge is -2.42. The van der Waals surface area contributed by atoms with Crippen LogP contribution >= 0.6 is 0 Å². The fourth-order valence-electron chi connectivity index (χ4n) is 2.03. The van der Waals surface area contributed by atoms with Crippen LogP contribution in [-0.4, -0.2) is 30.8 Å². The Morgan fingerprint density at radius 1 is 1.32 bits per heavy atom. The SMILES string of the molecule is CC1(C)C(=O)N(c2cccc(CCCO)c2)S1(=O)=O. The maximum absolute atomic E-state index is 12.1. The molecule has 0 spiro atoms. The first-order chi connectivity index (χ1) is 8.82. The molecule has 0 saturated carbocycles. The number of hydrogen-bond acceptors (Lipinski definition) is 4. The van der Waals surface area contributed by atoms with Crippen molar-refractivity contribution in [3.05, 3.63) is 29.8 Å². The van der Waals surface area contributed by atoms with Gasteiger partial charge in [-0.15, -0.1) is 0 Å². The number of carbonyl (C=O) groups excluding carboxylic acids is 1. The molecule has 1 fully saturated rings. The van der Waals surface area contributed by atoms with Crippen molar-refractivity contribution in [3.8, 4) is 0 Å². The van der Waals surface area contributed by atoms with Crippen molar-refractivity contribution in [1.82, 2.24) is 0 Å². The normalized spacial score (nSPS) is 20.2. The molecule has 0 aromatic heterocycles. The van der Waals surface area contributed by atoms with Gasteiger partial charge in [0.25, 0.3) is 15.9 Å². The smallest absolute Gasteiger partial charge is 0.263 e. The number of benzene rings is 1. The minimum absolute atomic E-state index is 0.0815. The number of sulfonamides is 1. The highest BCUT2D eigenvalue weighted by Crippen LogP contribution is 2.39. The molecule has 104 valence electrons. The van der Waals surface area contributed by atoms with E-state index in [-0.39, 0.29) is 6.61 Å². The third-order valence-corrected chi connectivity index (χ3v) is 5.68. The highest BCUT2D eigenvalue weighted by atomic mass is 32.2. The summed E-state index contributed by atoms with van der Waals surface area (Å²) < 4.78 is 23.7. The van der Waals surface area contributed by atoms with Crippen LogP contribution < -0.4 is 4.31 Å². The van der Waals surface area contributed by atoms with Crippen LogP contribution in [0.5, 0.6) is 0 Å². The molecule has 0 radical (unpaired) electrons. The van der Waals surface area contributed by atoms with E-state index in [1.165, 1.54) is 13.8 Å². The number of rotatable bonds is 4. The number of carbonyl (C=O) groups is 1. The minimum Gasteiger partial charge on any atom is -0.396 e. The molecule has 1 heterocycles. The highest BCUT2D eigenvalue weighted by molar-refractivity contribution is 7.98. The monoisotopic (exact) mass is 283 g/mol. The molecule has 5 nitrogen and oxygen atoms in total. The van der Waals surface area contributed by atoms with Crippen LogP contribution in [-0.2, 0) is 21.2 Å². The van der Waals surface area contributed by atoms with Gasteiger partial charge >= 0.3 is 0 Å². The van der Waals surface area contributed by atoms with Crippen molar-refractivity contribution in [3.63, 3.8) is 0 Å². The van der Waals surface area contributed by atoms with Gasteiger partial charge in [-0.25, -0.2) is 12.7 Å². The van der Waals surface area contributed by atoms with Crippen molar-refractivity contribution in [2.75, 3.05) is 10.9 Å². The van der Waals surface area contributed by atoms with Gasteiger partial charge in [0.05, 0.1) is 5.69 Å². The molecule has 2 rings (SSSR count). The van der Waals surface area contributed by atoms with Gasteiger partial charge in [-0.2, -0.15) is 0 Å². The molecular formula is C13H17NO4S. The average Bonchev–Trinajstić information content (AvgIpc) is 2.36. The van der Waals surface area contributed by atoms with Gasteiger partial charge in [-0.1, -0.05) is 12.1 Å². The molecule has 1 aliphatic rings. The van der Waals surface area contributed by atoms with Crippen LogP contribution in [0.1, 0.15) is 25.8 Å². The number of aliphatic hydroxyl groups is 1. The summed E-state index contributed by atoms with van der Waals surface area (Å²) in [5, 5.41) is 8.80. The molecule has 0 unspecified atom stereocenters. The molecule has 1 amide bonds. The first-order valence-electron chi connectivity index (χ1n) is 6.11. The van der Waals surface area contributed by atoms with Crippen molar-refractivity contribution < 1.29 is 18.3 Å². The number of nitrogens with zero attached hydrogens (tertiary/aromatic N) is 1. The average molecular weight is 283 g/mol. The Hall–Kier alpha value is -1.40. The maximum Gasteiger partial charge on any atom is 0.263 e. The van der Waals surface area contributed by atoms with Gasteiger partial charge < -0.3 is 5.11 Å². The lowest BCUT2D eigenvalue weighted by Crippen LogP contribution is -2.67. The lowest BCUT2D eigenvalue weighted by molar-refractivity contribution is -0.120. The Morgan fingerprint density at radius 2 is 2.00 bits per heavy atom. The van der Waals surface area contributed by atoms with Crippen LogP contribution in [0.3, 0.4) is 0 Å². The van der Waals surface area contributed by atoms with Crippen LogP contribution in [0.15, 0.2) is 24.3 Å². The van der Waals surface area contributed by atoms with Crippen LogP contribution in [0.4, 0.5) is 5.69 Å². The van der Waals surface area contributed by atoms with Crippen molar-refractivity contribution >= 4 is 21.6 Å². The number of aliphatic hydroxyl groups excluding tert-OH is 1. The topological polar surface area (TPSA) is 74.7 Å². The lowest BCUT2D eigenvalue weighted by atomic mass is 10.1. The summed E-state index contributed by atoms with van der Waals surface area (Å²) in [4.78, 5) is 11.9. The zero-order valence-electron chi connectivity index (χ0n) is 11.0. The summed E-state index contributed by atoms with van der Waals surface area (Å²) in [6.07, 6.45) is 1.26. The Kier molecular flexibility index (Phi) is 3.40. The van der Waals surface area contributed by atoms with Gasteiger partial charge in [0.2, 0.25) is 0 Å². The van der Waals surface area contributed by atoms with E-state index in [1.807, 2.05) is 6.07 Å². The Bertz CT molecular complexity index is 607. The summed E-state index contributed by atoms with van der Waals surface area (Å²) in [6, 6.07) is 6.85. The molecule has 1 aromatic rings. The van der Waals surface area contributed by atoms with Crippen LogP contribution in [0.2, 0.25) is 0 Å². The van der Waals surface area contributed by atoms with E-state index < -0.39 is 20.7 Å². The van der Waals surface area contributed by atoms with Gasteiger partial charge in [-0.05, 0) is 44.4 Å². The van der Waals surface area contributed by atoms with Crippen molar-refractivity contribution in [2.24, 2.45) is 0 Å². The molecule has 1 aromatic carbocycles. The molecule has 0 bridgehead atoms. The Balaban J connectivity index is 2.32. The van der Waals surface area contributed by atoms with Gasteiger partial charge in [0, 0.05) is 6.61 Å². The van der Waals surface area contributed by atoms with E-state index in [1.54, 1.807) is 18.2 Å². The summed E-state index contributed by atoms with van der Waals surface area (Å²) in [6.45, 7) is 2.91. The Morgan fingerprint density at radius 3 is 2.58 bits per heavy atom. The molecule has 1 N–H and O–H groups in total. The van der Waals surface area contributed by atoms with E-state index in [0.29, 0.717) is 18.5 Å². The van der Waals surface area contributed by atoms with Crippen molar-refractivity contribution in [2.45, 2.75) is 31.4 Å². The van der Waals surface area contributed by atoms with E-state index in [0.717, 1.165) is 9.87 Å². The predicted molar refractivity (Wildman–Crippen MR) is 72.3 cm³/mol. The van der Waals surface area contributed by atoms with E-state index >= 15 is 0 Å². The zero-order valence-corrected chi connectivity index (χ0v) is 11.8. The first-order valence-corrected chi connectivity index (χ1v) is 7.55. The predicted octanol–water partition coefficient (Wildman–Crippen LogP) is 1.07. The molecule has 19 heavy (non-hydrogen) atoms. The van der Waals surface area contributed by atoms with Gasteiger partial charge in [0.15, 0.2) is 4.75 Å². The van der Waals surface area contributed by atoms with Gasteiger partial charge in [0.1, 0.15) is 0 Å². The van der Waals surface area contributed by atoms with Gasteiger partial charge in [-0.3, -0.25) is 4.79 Å². The zero-order chi connectivity index (χ0) is 14.3. The quantitative estimate of drug-likeness (QED) is 0.897. The third kappa shape index (κ3) is 2.04. The molecular weight excluding hydrogens is 266 g/mol. The Labute approximate surface area is 112 Å². The summed E-state index contributed by atoms with van der Waals surface area (Å²) >= 11 is 0. The largest absolute Gasteiger partial charge is 0.396 e. The second-order valence-electron chi connectivity index (χ2n) is 5.08. The summed E-state index contributed by atoms with van der Waals surface area (Å²) in [7, 11) is -3.61. The fourth-order valence-corrected chi connectivity index (χ4v) is 3.50. The van der Waals surface area contributed by atoms with E-state index in [9.17, 15) is 13.2 Å². The van der Waals surface area contributed by atoms with Crippen LogP contribution in [0, 0.1) is 0 Å². The first kappa shape index (κ1) is 14.0. The standard InChI is InChI=1S/C13H17NO4S/c1-13(2)12(16)14(19(13,17)18)11-7-3-5-10(9-11)6-4-8-15/h3,5,7,9,15H,4,6,8H2,1-2H3. The van der Waals surface area contributed by atoms with E-state index in [2.05, 4.69) is 0 Å². The molecule has 0 atom stereocenters. The maximum atomic E-state index is 12.1. The molecule has 6 heteroatoms. The third-order valence-electron chi connectivity index (χ3n) is 3.35. The summed E-state index contributed by atoms with van der Waals surface area (Å²) in [5.74, 6) is -0.410. The van der Waals surface area contributed by atoms with E-state index in [4.69, 9.17) is 5.11 Å². The minimum atomic E-state index is -3.61. The number of hydrogen-bond donors (Lipinski definition) is 1. The highest BCUT2D eigenvalue weighted by Gasteiger charge is 2.60. The fraction of sp³-hybridized carbons (Fsp3) is 0.462. The molecule has 1 aliphatic heterocycles. The number of amides is 1. The number of anilines is 1. The van der Waals surface area contributed by atoms with Crippen LogP contribution in [0.25, 0.3) is 0 Å². The number of aryl methyl sites for hydroxylation is 1. The second-order valence-corrected chi connectivity index (χ2v) is 7.42. The summed E-state index contributed by atoms with van der Waals surface area (Å²) in [5.41, 5.74) is 1.28.